The van der Waals surface area contributed by atoms with Crippen molar-refractivity contribution in [2.45, 2.75) is 64.6 Å². The van der Waals surface area contributed by atoms with Crippen molar-refractivity contribution in [1.29, 1.82) is 0 Å². The Kier molecular flexibility index (Phi) is 6.10. The van der Waals surface area contributed by atoms with E-state index in [1.165, 1.54) is 18.2 Å². The monoisotopic (exact) mass is 452 g/mol. The van der Waals surface area contributed by atoms with Crippen LogP contribution in [0.25, 0.3) is 22.0 Å². The highest BCUT2D eigenvalue weighted by molar-refractivity contribution is 5.88. The van der Waals surface area contributed by atoms with Crippen molar-refractivity contribution < 1.29 is 19.0 Å². The Labute approximate surface area is 192 Å². The molecule has 1 aliphatic rings. The van der Waals surface area contributed by atoms with Gasteiger partial charge in [0.2, 0.25) is 5.95 Å². The lowest BCUT2D eigenvalue weighted by molar-refractivity contribution is 0.0505. The van der Waals surface area contributed by atoms with Crippen molar-refractivity contribution in [2.24, 2.45) is 0 Å². The highest BCUT2D eigenvalue weighted by Gasteiger charge is 2.28. The number of alkyl carbamates (subject to hydrolysis) is 1. The number of anilines is 1. The van der Waals surface area contributed by atoms with E-state index in [1.807, 2.05) is 27.7 Å². The van der Waals surface area contributed by atoms with Crippen LogP contribution in [0.1, 0.15) is 45.7 Å². The van der Waals surface area contributed by atoms with E-state index in [-0.39, 0.29) is 23.4 Å². The molecule has 1 aromatic heterocycles. The van der Waals surface area contributed by atoms with Crippen LogP contribution in [-0.2, 0) is 4.74 Å². The number of nitrogens with zero attached hydrogens (tertiary/aromatic N) is 2. The first-order valence-electron chi connectivity index (χ1n) is 11.1. The number of benzene rings is 2. The van der Waals surface area contributed by atoms with Crippen LogP contribution in [0.15, 0.2) is 36.4 Å². The normalized spacial score (nSPS) is 18.3. The van der Waals surface area contributed by atoms with E-state index in [1.54, 1.807) is 18.2 Å². The quantitative estimate of drug-likeness (QED) is 0.497. The maximum atomic E-state index is 14.3. The number of aromatic hydroxyl groups is 1. The average Bonchev–Trinajstić information content (AvgIpc) is 3.13. The minimum atomic E-state index is -0.526. The Morgan fingerprint density at radius 3 is 2.64 bits per heavy atom. The summed E-state index contributed by atoms with van der Waals surface area (Å²) in [4.78, 5) is 21.2. The van der Waals surface area contributed by atoms with Crippen LogP contribution in [0.4, 0.5) is 15.1 Å². The van der Waals surface area contributed by atoms with Crippen molar-refractivity contribution in [3.63, 3.8) is 0 Å². The molecule has 0 saturated heterocycles. The van der Waals surface area contributed by atoms with Crippen molar-refractivity contribution in [3.05, 3.63) is 47.9 Å². The second kappa shape index (κ2) is 8.84. The number of ether oxygens (including phenoxy) is 1. The summed E-state index contributed by atoms with van der Waals surface area (Å²) in [5.74, 6) is -0.0756. The van der Waals surface area contributed by atoms with E-state index in [0.29, 0.717) is 11.5 Å². The number of amides is 1. The summed E-state index contributed by atoms with van der Waals surface area (Å²) < 4.78 is 19.6. The summed E-state index contributed by atoms with van der Waals surface area (Å²) in [6.07, 6.45) is 2.08. The molecule has 0 radical (unpaired) electrons. The molecule has 33 heavy (non-hydrogen) atoms. The van der Waals surface area contributed by atoms with Crippen LogP contribution in [0.2, 0.25) is 0 Å². The molecule has 2 atom stereocenters. The van der Waals surface area contributed by atoms with Crippen molar-refractivity contribution in [3.8, 4) is 16.9 Å². The molecular weight excluding hydrogens is 423 g/mol. The average molecular weight is 453 g/mol. The fourth-order valence-corrected chi connectivity index (χ4v) is 4.20. The zero-order chi connectivity index (χ0) is 23.8. The van der Waals surface area contributed by atoms with E-state index in [2.05, 4.69) is 20.6 Å². The van der Waals surface area contributed by atoms with Crippen LogP contribution >= 0.6 is 0 Å². The maximum absolute atomic E-state index is 14.3. The van der Waals surface area contributed by atoms with Gasteiger partial charge in [-0.1, -0.05) is 12.1 Å². The van der Waals surface area contributed by atoms with Gasteiger partial charge in [-0.2, -0.15) is 0 Å². The fourth-order valence-electron chi connectivity index (χ4n) is 4.20. The van der Waals surface area contributed by atoms with Gasteiger partial charge in [-0.05, 0) is 76.8 Å². The first-order chi connectivity index (χ1) is 15.6. The number of phenolic OH excluding ortho intramolecular Hbond substituents is 1. The van der Waals surface area contributed by atoms with Crippen LogP contribution in [0, 0.1) is 12.7 Å². The standard InChI is InChI=1S/C25H29FN4O3/c1-14-18-12-15(22-19(26)6-5-7-21(22)31)8-11-20(18)30-23(27-14)28-16-9-10-17(13-16)29-24(32)33-25(2,3)4/h5-8,11-12,16-17,31H,9-10,13H2,1-4H3,(H,29,32)(H,27,28,30)/t16-,17+/m1/s1. The fraction of sp³-hybridized carbons (Fsp3) is 0.400. The molecular formula is C25H29FN4O3. The van der Waals surface area contributed by atoms with E-state index in [0.717, 1.165) is 35.9 Å². The number of hydrogen-bond acceptors (Lipinski definition) is 6. The van der Waals surface area contributed by atoms with E-state index in [4.69, 9.17) is 4.74 Å². The topological polar surface area (TPSA) is 96.4 Å². The number of hydrogen-bond donors (Lipinski definition) is 3. The Hall–Kier alpha value is -3.42. The Morgan fingerprint density at radius 2 is 1.91 bits per heavy atom. The minimum Gasteiger partial charge on any atom is -0.507 e. The molecule has 3 aromatic rings. The molecule has 1 amide bonds. The zero-order valence-electron chi connectivity index (χ0n) is 19.3. The summed E-state index contributed by atoms with van der Waals surface area (Å²) >= 11 is 0. The zero-order valence-corrected chi connectivity index (χ0v) is 19.3. The number of carbonyl (C=O) groups is 1. The minimum absolute atomic E-state index is 0.0370. The van der Waals surface area contributed by atoms with E-state index < -0.39 is 17.5 Å². The van der Waals surface area contributed by atoms with Gasteiger partial charge in [0.15, 0.2) is 0 Å². The van der Waals surface area contributed by atoms with Gasteiger partial charge in [0, 0.05) is 17.5 Å². The van der Waals surface area contributed by atoms with Gasteiger partial charge in [0.25, 0.3) is 0 Å². The van der Waals surface area contributed by atoms with Gasteiger partial charge < -0.3 is 20.5 Å². The molecule has 7 nitrogen and oxygen atoms in total. The third-order valence-electron chi connectivity index (χ3n) is 5.65. The third kappa shape index (κ3) is 5.32. The summed E-state index contributed by atoms with van der Waals surface area (Å²) in [5, 5.41) is 17.2. The lowest BCUT2D eigenvalue weighted by atomic mass is 10.0. The molecule has 174 valence electrons. The molecule has 4 rings (SSSR count). The number of aryl methyl sites for hydroxylation is 1. The Balaban J connectivity index is 1.47. The van der Waals surface area contributed by atoms with Crippen molar-refractivity contribution in [2.75, 3.05) is 5.32 Å². The number of fused-ring (bicyclic) bond motifs is 1. The lowest BCUT2D eigenvalue weighted by Gasteiger charge is -2.22. The largest absolute Gasteiger partial charge is 0.507 e. The SMILES string of the molecule is Cc1nc(N[C@@H]2CC[C@H](NC(=O)OC(C)(C)C)C2)nc2ccc(-c3c(O)cccc3F)cc12. The summed E-state index contributed by atoms with van der Waals surface area (Å²) in [6, 6.07) is 9.77. The van der Waals surface area contributed by atoms with Gasteiger partial charge in [-0.25, -0.2) is 19.2 Å². The predicted molar refractivity (Wildman–Crippen MR) is 126 cm³/mol. The number of aromatic nitrogens is 2. The number of rotatable bonds is 4. The molecule has 0 spiro atoms. The molecule has 2 aromatic carbocycles. The predicted octanol–water partition coefficient (Wildman–Crippen LogP) is 5.31. The van der Waals surface area contributed by atoms with E-state index in [9.17, 15) is 14.3 Å². The van der Waals surface area contributed by atoms with E-state index >= 15 is 0 Å². The van der Waals surface area contributed by atoms with Gasteiger partial charge in [0.05, 0.1) is 16.8 Å². The van der Waals surface area contributed by atoms with Crippen LogP contribution in [0.5, 0.6) is 5.75 Å². The second-order valence-corrected chi connectivity index (χ2v) is 9.50. The molecule has 0 bridgehead atoms. The third-order valence-corrected chi connectivity index (χ3v) is 5.65. The van der Waals surface area contributed by atoms with Gasteiger partial charge in [0.1, 0.15) is 17.2 Å². The number of nitrogens with one attached hydrogen (secondary N) is 2. The smallest absolute Gasteiger partial charge is 0.407 e. The van der Waals surface area contributed by atoms with Gasteiger partial charge in [-0.3, -0.25) is 0 Å². The van der Waals surface area contributed by atoms with Crippen molar-refractivity contribution in [1.82, 2.24) is 15.3 Å². The van der Waals surface area contributed by atoms with Crippen molar-refractivity contribution >= 4 is 22.9 Å². The van der Waals surface area contributed by atoms with Gasteiger partial charge >= 0.3 is 6.09 Å². The lowest BCUT2D eigenvalue weighted by Crippen LogP contribution is -2.38. The van der Waals surface area contributed by atoms with Crippen LogP contribution < -0.4 is 10.6 Å². The summed E-state index contributed by atoms with van der Waals surface area (Å²) in [7, 11) is 0. The molecule has 1 fully saturated rings. The molecule has 1 aliphatic carbocycles. The number of phenols is 1. The van der Waals surface area contributed by atoms with Crippen LogP contribution in [-0.4, -0.2) is 38.9 Å². The Bertz CT molecular complexity index is 1170. The summed E-state index contributed by atoms with van der Waals surface area (Å²) in [6.45, 7) is 7.40. The van der Waals surface area contributed by atoms with Gasteiger partial charge in [-0.15, -0.1) is 0 Å². The highest BCUT2D eigenvalue weighted by Crippen LogP contribution is 2.34. The number of halogens is 1. The first-order valence-corrected chi connectivity index (χ1v) is 11.1. The molecule has 1 heterocycles. The molecule has 0 unspecified atom stereocenters. The first kappa shape index (κ1) is 22.8. The molecule has 1 saturated carbocycles. The Morgan fingerprint density at radius 1 is 1.15 bits per heavy atom. The highest BCUT2D eigenvalue weighted by atomic mass is 19.1. The molecule has 0 aliphatic heterocycles. The maximum Gasteiger partial charge on any atom is 0.407 e. The number of carbonyl (C=O) groups excluding carboxylic acids is 1. The molecule has 8 heteroatoms. The second-order valence-electron chi connectivity index (χ2n) is 9.50. The summed E-state index contributed by atoms with van der Waals surface area (Å²) in [5.41, 5.74) is 1.68. The van der Waals surface area contributed by atoms with Crippen LogP contribution in [0.3, 0.4) is 0 Å². The molecule has 3 N–H and O–H groups in total.